The molecule has 0 fully saturated rings. The van der Waals surface area contributed by atoms with Crippen LogP contribution in [0.1, 0.15) is 15.9 Å². The largest absolute Gasteiger partial charge is 0.497 e. The number of methoxy groups -OCH3 is 2. The first kappa shape index (κ1) is 16.6. The van der Waals surface area contributed by atoms with Gasteiger partial charge in [0.05, 0.1) is 26.0 Å². The molecule has 1 amide bonds. The maximum atomic E-state index is 12.5. The first-order valence-electron chi connectivity index (χ1n) is 7.79. The minimum absolute atomic E-state index is 0.196. The van der Waals surface area contributed by atoms with Gasteiger partial charge in [0.25, 0.3) is 5.91 Å². The van der Waals surface area contributed by atoms with Crippen molar-refractivity contribution in [2.45, 2.75) is 6.54 Å². The van der Waals surface area contributed by atoms with E-state index in [1.807, 2.05) is 36.4 Å². The summed E-state index contributed by atoms with van der Waals surface area (Å²) in [6.07, 6.45) is 3.51. The zero-order valence-corrected chi connectivity index (χ0v) is 14.1. The SMILES string of the molecule is COc1cccc(CNC(=O)c2ccc(-c3cn[nH]c3)cc2OC)c1. The third kappa shape index (κ3) is 3.80. The first-order chi connectivity index (χ1) is 12.2. The normalized spacial score (nSPS) is 10.3. The lowest BCUT2D eigenvalue weighted by Crippen LogP contribution is -2.23. The molecule has 0 radical (unpaired) electrons. The van der Waals surface area contributed by atoms with Crippen LogP contribution >= 0.6 is 0 Å². The molecule has 0 aliphatic rings. The van der Waals surface area contributed by atoms with Gasteiger partial charge in [-0.15, -0.1) is 0 Å². The number of ether oxygens (including phenoxy) is 2. The Labute approximate surface area is 145 Å². The molecular weight excluding hydrogens is 318 g/mol. The van der Waals surface area contributed by atoms with Crippen molar-refractivity contribution in [3.05, 3.63) is 66.0 Å². The van der Waals surface area contributed by atoms with Gasteiger partial charge in [-0.25, -0.2) is 0 Å². The van der Waals surface area contributed by atoms with E-state index < -0.39 is 0 Å². The molecule has 0 saturated carbocycles. The highest BCUT2D eigenvalue weighted by Crippen LogP contribution is 2.26. The maximum absolute atomic E-state index is 12.5. The zero-order chi connectivity index (χ0) is 17.6. The molecule has 128 valence electrons. The Morgan fingerprint density at radius 3 is 2.72 bits per heavy atom. The smallest absolute Gasteiger partial charge is 0.255 e. The highest BCUT2D eigenvalue weighted by molar-refractivity contribution is 5.97. The van der Waals surface area contributed by atoms with Crippen molar-refractivity contribution in [1.82, 2.24) is 15.5 Å². The molecule has 0 spiro atoms. The predicted octanol–water partition coefficient (Wildman–Crippen LogP) is 3.02. The summed E-state index contributed by atoms with van der Waals surface area (Å²) >= 11 is 0. The highest BCUT2D eigenvalue weighted by atomic mass is 16.5. The lowest BCUT2D eigenvalue weighted by atomic mass is 10.1. The van der Waals surface area contributed by atoms with Crippen LogP contribution in [0.25, 0.3) is 11.1 Å². The van der Waals surface area contributed by atoms with Crippen molar-refractivity contribution in [1.29, 1.82) is 0 Å². The topological polar surface area (TPSA) is 76.2 Å². The third-order valence-electron chi connectivity index (χ3n) is 3.86. The van der Waals surface area contributed by atoms with Gasteiger partial charge in [-0.05, 0) is 35.4 Å². The number of hydrogen-bond donors (Lipinski definition) is 2. The Kier molecular flexibility index (Phi) is 4.99. The minimum atomic E-state index is -0.196. The van der Waals surface area contributed by atoms with E-state index in [0.717, 1.165) is 22.4 Å². The Bertz CT molecular complexity index is 860. The van der Waals surface area contributed by atoms with E-state index in [-0.39, 0.29) is 5.91 Å². The number of H-pyrrole nitrogens is 1. The van der Waals surface area contributed by atoms with Crippen LogP contribution in [0.2, 0.25) is 0 Å². The van der Waals surface area contributed by atoms with Crippen molar-refractivity contribution in [3.8, 4) is 22.6 Å². The molecule has 25 heavy (non-hydrogen) atoms. The van der Waals surface area contributed by atoms with Crippen LogP contribution in [0.3, 0.4) is 0 Å². The van der Waals surface area contributed by atoms with Gasteiger partial charge < -0.3 is 14.8 Å². The number of rotatable bonds is 6. The van der Waals surface area contributed by atoms with Gasteiger partial charge in [-0.1, -0.05) is 18.2 Å². The Morgan fingerprint density at radius 2 is 2.00 bits per heavy atom. The van der Waals surface area contributed by atoms with E-state index in [1.54, 1.807) is 32.7 Å². The summed E-state index contributed by atoms with van der Waals surface area (Å²) in [5, 5.41) is 9.61. The van der Waals surface area contributed by atoms with Crippen molar-refractivity contribution in [3.63, 3.8) is 0 Å². The molecule has 2 N–H and O–H groups in total. The maximum Gasteiger partial charge on any atom is 0.255 e. The first-order valence-corrected chi connectivity index (χ1v) is 7.79. The van der Waals surface area contributed by atoms with E-state index in [1.165, 1.54) is 0 Å². The Morgan fingerprint density at radius 1 is 1.12 bits per heavy atom. The van der Waals surface area contributed by atoms with Crippen LogP contribution in [-0.2, 0) is 6.54 Å². The molecule has 3 rings (SSSR count). The summed E-state index contributed by atoms with van der Waals surface area (Å²) in [7, 11) is 3.16. The quantitative estimate of drug-likeness (QED) is 0.725. The number of nitrogens with one attached hydrogen (secondary N) is 2. The average Bonchev–Trinajstić information content (AvgIpc) is 3.20. The number of benzene rings is 2. The second-order valence-corrected chi connectivity index (χ2v) is 5.44. The number of amides is 1. The monoisotopic (exact) mass is 337 g/mol. The second-order valence-electron chi connectivity index (χ2n) is 5.44. The number of aromatic amines is 1. The van der Waals surface area contributed by atoms with Crippen molar-refractivity contribution in [2.75, 3.05) is 14.2 Å². The number of nitrogens with zero attached hydrogens (tertiary/aromatic N) is 1. The van der Waals surface area contributed by atoms with Crippen molar-refractivity contribution in [2.24, 2.45) is 0 Å². The van der Waals surface area contributed by atoms with E-state index >= 15 is 0 Å². The average molecular weight is 337 g/mol. The van der Waals surface area contributed by atoms with Gasteiger partial charge in [-0.2, -0.15) is 5.10 Å². The molecule has 0 aliphatic carbocycles. The number of hydrogen-bond acceptors (Lipinski definition) is 4. The molecule has 0 saturated heterocycles. The standard InChI is InChI=1S/C19H19N3O3/c1-24-16-5-3-4-13(8-16)10-20-19(23)17-7-6-14(9-18(17)25-2)15-11-21-22-12-15/h3-9,11-12H,10H2,1-2H3,(H,20,23)(H,21,22). The van der Waals surface area contributed by atoms with Gasteiger partial charge in [-0.3, -0.25) is 9.89 Å². The molecule has 2 aromatic carbocycles. The fraction of sp³-hybridized carbons (Fsp3) is 0.158. The van der Waals surface area contributed by atoms with Crippen LogP contribution < -0.4 is 14.8 Å². The lowest BCUT2D eigenvalue weighted by molar-refractivity contribution is 0.0948. The summed E-state index contributed by atoms with van der Waals surface area (Å²) < 4.78 is 10.6. The molecular formula is C19H19N3O3. The predicted molar refractivity (Wildman–Crippen MR) is 94.7 cm³/mol. The van der Waals surface area contributed by atoms with Gasteiger partial charge in [0.2, 0.25) is 0 Å². The summed E-state index contributed by atoms with van der Waals surface area (Å²) in [6, 6.07) is 13.0. The second kappa shape index (κ2) is 7.53. The van der Waals surface area contributed by atoms with E-state index in [9.17, 15) is 4.79 Å². The Balaban J connectivity index is 1.75. The van der Waals surface area contributed by atoms with Gasteiger partial charge in [0.1, 0.15) is 11.5 Å². The Hall–Kier alpha value is -3.28. The van der Waals surface area contributed by atoms with Crippen LogP contribution in [0.4, 0.5) is 0 Å². The molecule has 6 nitrogen and oxygen atoms in total. The van der Waals surface area contributed by atoms with Crippen molar-refractivity contribution < 1.29 is 14.3 Å². The molecule has 0 unspecified atom stereocenters. The molecule has 0 bridgehead atoms. The third-order valence-corrected chi connectivity index (χ3v) is 3.86. The fourth-order valence-corrected chi connectivity index (χ4v) is 2.53. The van der Waals surface area contributed by atoms with E-state index in [0.29, 0.717) is 17.9 Å². The molecule has 0 atom stereocenters. The van der Waals surface area contributed by atoms with Gasteiger partial charge in [0.15, 0.2) is 0 Å². The summed E-state index contributed by atoms with van der Waals surface area (Å²) in [5.74, 6) is 1.08. The fourth-order valence-electron chi connectivity index (χ4n) is 2.53. The molecule has 3 aromatic rings. The molecule has 1 aromatic heterocycles. The number of carbonyl (C=O) groups excluding carboxylic acids is 1. The zero-order valence-electron chi connectivity index (χ0n) is 14.1. The number of aromatic nitrogens is 2. The molecule has 6 heteroatoms. The van der Waals surface area contributed by atoms with E-state index in [2.05, 4.69) is 15.5 Å². The van der Waals surface area contributed by atoms with Crippen LogP contribution in [0, 0.1) is 0 Å². The van der Waals surface area contributed by atoms with Gasteiger partial charge >= 0.3 is 0 Å². The minimum Gasteiger partial charge on any atom is -0.497 e. The number of carbonyl (C=O) groups is 1. The summed E-state index contributed by atoms with van der Waals surface area (Å²) in [4.78, 5) is 12.5. The van der Waals surface area contributed by atoms with Gasteiger partial charge in [0, 0.05) is 18.3 Å². The lowest BCUT2D eigenvalue weighted by Gasteiger charge is -2.11. The van der Waals surface area contributed by atoms with Crippen LogP contribution in [-0.4, -0.2) is 30.3 Å². The molecule has 0 aliphatic heterocycles. The summed E-state index contributed by atoms with van der Waals surface area (Å²) in [6.45, 7) is 0.405. The van der Waals surface area contributed by atoms with Crippen LogP contribution in [0.5, 0.6) is 11.5 Å². The molecule has 1 heterocycles. The highest BCUT2D eigenvalue weighted by Gasteiger charge is 2.13. The van der Waals surface area contributed by atoms with E-state index in [4.69, 9.17) is 9.47 Å². The van der Waals surface area contributed by atoms with Crippen LogP contribution in [0.15, 0.2) is 54.9 Å². The van der Waals surface area contributed by atoms with Crippen molar-refractivity contribution >= 4 is 5.91 Å². The summed E-state index contributed by atoms with van der Waals surface area (Å²) in [5.41, 5.74) is 3.30.